The van der Waals surface area contributed by atoms with Crippen molar-refractivity contribution in [1.29, 1.82) is 0 Å². The van der Waals surface area contributed by atoms with Gasteiger partial charge in [-0.2, -0.15) is 0 Å². The second kappa shape index (κ2) is 6.80. The number of thiazole rings is 1. The van der Waals surface area contributed by atoms with E-state index >= 15 is 0 Å². The van der Waals surface area contributed by atoms with Crippen molar-refractivity contribution in [3.63, 3.8) is 0 Å². The number of imidazole rings is 1. The Hall–Kier alpha value is -2.47. The Balaban J connectivity index is 1.96. The minimum absolute atomic E-state index is 0.0192. The first-order valence-corrected chi connectivity index (χ1v) is 9.00. The zero-order chi connectivity index (χ0) is 18.0. The third-order valence-electron chi connectivity index (χ3n) is 3.54. The van der Waals surface area contributed by atoms with Crippen LogP contribution in [0.25, 0.3) is 16.3 Å². The van der Waals surface area contributed by atoms with Crippen LogP contribution in [0.3, 0.4) is 0 Å². The van der Waals surface area contributed by atoms with Gasteiger partial charge in [-0.3, -0.25) is 9.36 Å². The van der Waals surface area contributed by atoms with Crippen molar-refractivity contribution in [2.24, 2.45) is 5.41 Å². The van der Waals surface area contributed by atoms with E-state index in [-0.39, 0.29) is 11.3 Å². The molecule has 5 nitrogen and oxygen atoms in total. The summed E-state index contributed by atoms with van der Waals surface area (Å²) in [6.45, 7) is 8.09. The normalized spacial score (nSPS) is 11.5. The molecule has 3 aromatic rings. The van der Waals surface area contributed by atoms with Crippen LogP contribution in [0.5, 0.6) is 0 Å². The van der Waals surface area contributed by atoms with Gasteiger partial charge in [-0.25, -0.2) is 9.97 Å². The van der Waals surface area contributed by atoms with Crippen LogP contribution in [-0.4, -0.2) is 20.4 Å². The molecule has 0 fully saturated rings. The molecule has 1 N–H and O–H groups in total. The van der Waals surface area contributed by atoms with Crippen LogP contribution >= 0.6 is 11.3 Å². The monoisotopic (exact) mass is 354 g/mol. The third-order valence-corrected chi connectivity index (χ3v) is 4.52. The number of aromatic nitrogens is 3. The highest BCUT2D eigenvalue weighted by atomic mass is 32.1. The highest BCUT2D eigenvalue weighted by molar-refractivity contribution is 7.18. The van der Waals surface area contributed by atoms with Crippen molar-refractivity contribution in [2.45, 2.75) is 34.1 Å². The van der Waals surface area contributed by atoms with E-state index in [4.69, 9.17) is 0 Å². The van der Waals surface area contributed by atoms with E-state index in [1.54, 1.807) is 6.33 Å². The molecule has 0 spiro atoms. The minimum Gasteiger partial charge on any atom is -0.302 e. The van der Waals surface area contributed by atoms with Crippen LogP contribution < -0.4 is 5.32 Å². The lowest BCUT2D eigenvalue weighted by atomic mass is 9.92. The van der Waals surface area contributed by atoms with Crippen LogP contribution in [0.1, 0.15) is 32.9 Å². The van der Waals surface area contributed by atoms with E-state index in [1.165, 1.54) is 11.3 Å². The molecule has 0 saturated heterocycles. The van der Waals surface area contributed by atoms with Crippen LogP contribution in [0, 0.1) is 12.3 Å². The minimum atomic E-state index is -0.0616. The molecule has 3 rings (SSSR count). The molecule has 1 aromatic carbocycles. The van der Waals surface area contributed by atoms with Gasteiger partial charge in [-0.1, -0.05) is 62.4 Å². The van der Waals surface area contributed by atoms with Gasteiger partial charge >= 0.3 is 0 Å². The predicted molar refractivity (Wildman–Crippen MR) is 102 cm³/mol. The maximum atomic E-state index is 12.3. The van der Waals surface area contributed by atoms with Crippen molar-refractivity contribution in [1.82, 2.24) is 14.5 Å². The largest absolute Gasteiger partial charge is 0.302 e. The Labute approximate surface area is 151 Å². The average Bonchev–Trinajstić information content (AvgIpc) is 3.12. The summed E-state index contributed by atoms with van der Waals surface area (Å²) < 4.78 is 1.95. The molecule has 1 amide bonds. The van der Waals surface area contributed by atoms with E-state index in [0.29, 0.717) is 11.6 Å². The summed E-state index contributed by atoms with van der Waals surface area (Å²) in [6.07, 6.45) is 4.18. The molecule has 0 aliphatic rings. The highest BCUT2D eigenvalue weighted by Crippen LogP contribution is 2.34. The first-order chi connectivity index (χ1) is 11.8. The molecule has 0 unspecified atom stereocenters. The predicted octanol–water partition coefficient (Wildman–Crippen LogP) is 4.68. The summed E-state index contributed by atoms with van der Waals surface area (Å²) in [4.78, 5) is 21.2. The Morgan fingerprint density at radius 2 is 1.96 bits per heavy atom. The van der Waals surface area contributed by atoms with Crippen molar-refractivity contribution >= 4 is 22.4 Å². The van der Waals surface area contributed by atoms with Gasteiger partial charge in [-0.05, 0) is 12.3 Å². The summed E-state index contributed by atoms with van der Waals surface area (Å²) >= 11 is 1.46. The molecular formula is C19H22N4OS. The Morgan fingerprint density at radius 3 is 2.56 bits per heavy atom. The number of amides is 1. The number of benzene rings is 1. The van der Waals surface area contributed by atoms with E-state index < -0.39 is 0 Å². The van der Waals surface area contributed by atoms with Crippen molar-refractivity contribution in [3.05, 3.63) is 48.5 Å². The maximum Gasteiger partial charge on any atom is 0.226 e. The van der Waals surface area contributed by atoms with Crippen LogP contribution in [0.15, 0.2) is 42.9 Å². The van der Waals surface area contributed by atoms with Crippen LogP contribution in [0.2, 0.25) is 0 Å². The Bertz CT molecular complexity index is 874. The number of anilines is 1. The van der Waals surface area contributed by atoms with Crippen LogP contribution in [-0.2, 0) is 4.79 Å². The first-order valence-electron chi connectivity index (χ1n) is 8.19. The Morgan fingerprint density at radius 1 is 1.24 bits per heavy atom. The zero-order valence-corrected chi connectivity index (χ0v) is 15.7. The number of nitrogens with zero attached hydrogens (tertiary/aromatic N) is 3. The van der Waals surface area contributed by atoms with Crippen molar-refractivity contribution in [3.8, 4) is 16.3 Å². The summed E-state index contributed by atoms with van der Waals surface area (Å²) in [6, 6.07) is 9.97. The number of nitrogens with one attached hydrogen (secondary N) is 1. The second-order valence-corrected chi connectivity index (χ2v) is 8.22. The standard InChI is InChI=1S/C19H22N4OS/c1-13-11-23(12-20-13)17-16(14-8-6-5-7-9-14)22-18(25-17)21-15(24)10-19(2,3)4/h5-9,11-12H,10H2,1-4H3,(H,21,22,24). The molecule has 0 radical (unpaired) electrons. The SMILES string of the molecule is Cc1cn(-c2sc(NC(=O)CC(C)(C)C)nc2-c2ccccc2)cn1. The molecule has 6 heteroatoms. The molecule has 0 aliphatic carbocycles. The van der Waals surface area contributed by atoms with Gasteiger partial charge < -0.3 is 5.32 Å². The van der Waals surface area contributed by atoms with Gasteiger partial charge in [0.2, 0.25) is 5.91 Å². The maximum absolute atomic E-state index is 12.3. The molecule has 25 heavy (non-hydrogen) atoms. The second-order valence-electron chi connectivity index (χ2n) is 7.25. The number of carbonyl (C=O) groups excluding carboxylic acids is 1. The van der Waals surface area contributed by atoms with Gasteiger partial charge in [0.1, 0.15) is 17.0 Å². The summed E-state index contributed by atoms with van der Waals surface area (Å²) in [5.74, 6) is -0.0192. The molecule has 0 aliphatic heterocycles. The molecule has 2 heterocycles. The van der Waals surface area contributed by atoms with Gasteiger partial charge in [0.15, 0.2) is 5.13 Å². The summed E-state index contributed by atoms with van der Waals surface area (Å²) in [5.41, 5.74) is 2.73. The smallest absolute Gasteiger partial charge is 0.226 e. The van der Waals surface area contributed by atoms with E-state index in [2.05, 4.69) is 15.3 Å². The lowest BCUT2D eigenvalue weighted by molar-refractivity contribution is -0.117. The number of rotatable bonds is 4. The van der Waals surface area contributed by atoms with E-state index in [1.807, 2.05) is 68.8 Å². The lowest BCUT2D eigenvalue weighted by Gasteiger charge is -2.16. The molecule has 0 saturated carbocycles. The molecule has 0 atom stereocenters. The zero-order valence-electron chi connectivity index (χ0n) is 14.9. The van der Waals surface area contributed by atoms with E-state index in [0.717, 1.165) is 22.0 Å². The lowest BCUT2D eigenvalue weighted by Crippen LogP contribution is -2.19. The molecule has 130 valence electrons. The van der Waals surface area contributed by atoms with Crippen molar-refractivity contribution in [2.75, 3.05) is 5.32 Å². The number of aryl methyl sites for hydroxylation is 1. The van der Waals surface area contributed by atoms with Gasteiger partial charge in [0.25, 0.3) is 0 Å². The highest BCUT2D eigenvalue weighted by Gasteiger charge is 2.19. The topological polar surface area (TPSA) is 59.8 Å². The fourth-order valence-electron chi connectivity index (χ4n) is 2.50. The molecular weight excluding hydrogens is 332 g/mol. The van der Waals surface area contributed by atoms with Gasteiger partial charge in [0.05, 0.1) is 5.69 Å². The van der Waals surface area contributed by atoms with Gasteiger partial charge in [0, 0.05) is 18.2 Å². The fourth-order valence-corrected chi connectivity index (χ4v) is 3.45. The number of hydrogen-bond donors (Lipinski definition) is 1. The Kier molecular flexibility index (Phi) is 4.72. The average molecular weight is 354 g/mol. The third kappa shape index (κ3) is 4.33. The number of hydrogen-bond acceptors (Lipinski definition) is 4. The van der Waals surface area contributed by atoms with Crippen molar-refractivity contribution < 1.29 is 4.79 Å². The summed E-state index contributed by atoms with van der Waals surface area (Å²) in [7, 11) is 0. The molecule has 2 aromatic heterocycles. The van der Waals surface area contributed by atoms with E-state index in [9.17, 15) is 4.79 Å². The van der Waals surface area contributed by atoms with Gasteiger partial charge in [-0.15, -0.1) is 0 Å². The number of carbonyl (C=O) groups is 1. The quantitative estimate of drug-likeness (QED) is 0.740. The molecule has 0 bridgehead atoms. The first kappa shape index (κ1) is 17.4. The van der Waals surface area contributed by atoms with Crippen LogP contribution in [0.4, 0.5) is 5.13 Å². The fraction of sp³-hybridized carbons (Fsp3) is 0.316. The summed E-state index contributed by atoms with van der Waals surface area (Å²) in [5, 5.41) is 4.49.